The van der Waals surface area contributed by atoms with Gasteiger partial charge in [-0.1, -0.05) is 12.1 Å². The van der Waals surface area contributed by atoms with E-state index in [0.717, 1.165) is 10.9 Å². The number of fused-ring (bicyclic) bond motifs is 1. The predicted octanol–water partition coefficient (Wildman–Crippen LogP) is 0.921. The molecule has 0 saturated carbocycles. The fraction of sp³-hybridized carbons (Fsp3) is 0.429. The van der Waals surface area contributed by atoms with Gasteiger partial charge in [0, 0.05) is 12.4 Å². The van der Waals surface area contributed by atoms with E-state index in [4.69, 9.17) is 4.74 Å². The zero-order valence-corrected chi connectivity index (χ0v) is 11.5. The number of esters is 1. The maximum atomic E-state index is 11.3. The normalized spacial score (nSPS) is 14.2. The Labute approximate surface area is 116 Å². The molecule has 108 valence electrons. The van der Waals surface area contributed by atoms with Crippen molar-refractivity contribution in [3.05, 3.63) is 30.0 Å². The minimum Gasteiger partial charge on any atom is -0.466 e. The van der Waals surface area contributed by atoms with Crippen molar-refractivity contribution < 1.29 is 19.7 Å². The maximum absolute atomic E-state index is 11.3. The number of aliphatic hydroxyl groups is 2. The predicted molar refractivity (Wildman–Crippen MR) is 72.9 cm³/mol. The highest BCUT2D eigenvalue weighted by molar-refractivity contribution is 5.79. The molecule has 0 bridgehead atoms. The minimum atomic E-state index is -1.19. The van der Waals surface area contributed by atoms with Crippen molar-refractivity contribution in [1.82, 2.24) is 9.78 Å². The SMILES string of the molecule is CCOC(=O)CC(O)C(O)c1ccc2cnn(C)c2c1. The van der Waals surface area contributed by atoms with Crippen molar-refractivity contribution in [3.63, 3.8) is 0 Å². The number of nitrogens with zero attached hydrogens (tertiary/aromatic N) is 2. The van der Waals surface area contributed by atoms with Crippen LogP contribution in [0.2, 0.25) is 0 Å². The molecule has 0 amide bonds. The Morgan fingerprint density at radius 1 is 1.45 bits per heavy atom. The lowest BCUT2D eigenvalue weighted by molar-refractivity contribution is -0.147. The van der Waals surface area contributed by atoms with Gasteiger partial charge in [0.05, 0.1) is 30.8 Å². The van der Waals surface area contributed by atoms with Gasteiger partial charge < -0.3 is 14.9 Å². The lowest BCUT2D eigenvalue weighted by Crippen LogP contribution is -2.23. The third kappa shape index (κ3) is 2.97. The fourth-order valence-corrected chi connectivity index (χ4v) is 2.07. The molecular weight excluding hydrogens is 260 g/mol. The molecule has 2 aromatic rings. The Morgan fingerprint density at radius 2 is 2.20 bits per heavy atom. The summed E-state index contributed by atoms with van der Waals surface area (Å²) in [6.45, 7) is 1.94. The molecule has 0 fully saturated rings. The van der Waals surface area contributed by atoms with Crippen LogP contribution >= 0.6 is 0 Å². The molecule has 0 aliphatic heterocycles. The van der Waals surface area contributed by atoms with Crippen LogP contribution in [-0.2, 0) is 16.6 Å². The number of ether oxygens (including phenoxy) is 1. The summed E-state index contributed by atoms with van der Waals surface area (Å²) in [5.74, 6) is -0.527. The van der Waals surface area contributed by atoms with Gasteiger partial charge in [0.25, 0.3) is 0 Å². The first-order valence-corrected chi connectivity index (χ1v) is 6.46. The van der Waals surface area contributed by atoms with Gasteiger partial charge >= 0.3 is 5.97 Å². The topological polar surface area (TPSA) is 84.6 Å². The molecular formula is C14H18N2O4. The highest BCUT2D eigenvalue weighted by Gasteiger charge is 2.22. The second-order valence-corrected chi connectivity index (χ2v) is 4.61. The first-order valence-electron chi connectivity index (χ1n) is 6.46. The smallest absolute Gasteiger partial charge is 0.308 e. The molecule has 0 spiro atoms. The van der Waals surface area contributed by atoms with Crippen LogP contribution in [0.25, 0.3) is 10.9 Å². The molecule has 2 unspecified atom stereocenters. The second-order valence-electron chi connectivity index (χ2n) is 4.61. The standard InChI is InChI=1S/C14H18N2O4/c1-3-20-13(18)7-12(17)14(19)9-4-5-10-8-15-16(2)11(10)6-9/h4-6,8,12,14,17,19H,3,7H2,1-2H3. The van der Waals surface area contributed by atoms with Gasteiger partial charge in [-0.05, 0) is 18.6 Å². The second kappa shape index (κ2) is 6.02. The molecule has 2 rings (SSSR count). The van der Waals surface area contributed by atoms with E-state index in [1.165, 1.54) is 0 Å². The molecule has 0 radical (unpaired) electrons. The van der Waals surface area contributed by atoms with Crippen LogP contribution in [0.4, 0.5) is 0 Å². The third-order valence-electron chi connectivity index (χ3n) is 3.16. The van der Waals surface area contributed by atoms with Crippen molar-refractivity contribution in [2.45, 2.75) is 25.6 Å². The lowest BCUT2D eigenvalue weighted by Gasteiger charge is -2.17. The lowest BCUT2D eigenvalue weighted by atomic mass is 10.0. The Bertz CT molecular complexity index is 608. The molecule has 0 saturated heterocycles. The van der Waals surface area contributed by atoms with Gasteiger partial charge in [0.2, 0.25) is 0 Å². The number of aliphatic hydroxyl groups excluding tert-OH is 2. The Balaban J connectivity index is 2.15. The first kappa shape index (κ1) is 14.5. The fourth-order valence-electron chi connectivity index (χ4n) is 2.07. The van der Waals surface area contributed by atoms with Crippen molar-refractivity contribution in [2.24, 2.45) is 7.05 Å². The Kier molecular flexibility index (Phi) is 4.36. The van der Waals surface area contributed by atoms with Gasteiger partial charge in [-0.15, -0.1) is 0 Å². The molecule has 0 aliphatic carbocycles. The van der Waals surface area contributed by atoms with E-state index < -0.39 is 18.2 Å². The molecule has 1 heterocycles. The van der Waals surface area contributed by atoms with Crippen LogP contribution in [0.1, 0.15) is 25.0 Å². The number of carbonyl (C=O) groups is 1. The van der Waals surface area contributed by atoms with Gasteiger partial charge in [-0.25, -0.2) is 0 Å². The summed E-state index contributed by atoms with van der Waals surface area (Å²) >= 11 is 0. The van der Waals surface area contributed by atoms with E-state index in [2.05, 4.69) is 5.10 Å². The van der Waals surface area contributed by atoms with Crippen LogP contribution in [0, 0.1) is 0 Å². The van der Waals surface area contributed by atoms with Crippen LogP contribution < -0.4 is 0 Å². The minimum absolute atomic E-state index is 0.238. The molecule has 6 nitrogen and oxygen atoms in total. The number of carbonyl (C=O) groups excluding carboxylic acids is 1. The number of rotatable bonds is 5. The van der Waals surface area contributed by atoms with E-state index in [-0.39, 0.29) is 13.0 Å². The average Bonchev–Trinajstić information content (AvgIpc) is 2.79. The zero-order chi connectivity index (χ0) is 14.7. The van der Waals surface area contributed by atoms with Crippen LogP contribution in [-0.4, -0.2) is 38.7 Å². The highest BCUT2D eigenvalue weighted by atomic mass is 16.5. The van der Waals surface area contributed by atoms with Gasteiger partial charge in [0.15, 0.2) is 0 Å². The quantitative estimate of drug-likeness (QED) is 0.794. The number of benzene rings is 1. The summed E-state index contributed by atoms with van der Waals surface area (Å²) in [5, 5.41) is 25.1. The summed E-state index contributed by atoms with van der Waals surface area (Å²) < 4.78 is 6.44. The maximum Gasteiger partial charge on any atom is 0.308 e. The van der Waals surface area contributed by atoms with E-state index >= 15 is 0 Å². The third-order valence-corrected chi connectivity index (χ3v) is 3.16. The van der Waals surface area contributed by atoms with Crippen molar-refractivity contribution >= 4 is 16.9 Å². The monoisotopic (exact) mass is 278 g/mol. The molecule has 2 atom stereocenters. The Morgan fingerprint density at radius 3 is 2.90 bits per heavy atom. The van der Waals surface area contributed by atoms with Crippen molar-refractivity contribution in [1.29, 1.82) is 0 Å². The van der Waals surface area contributed by atoms with Crippen LogP contribution in [0.3, 0.4) is 0 Å². The van der Waals surface area contributed by atoms with E-state index in [0.29, 0.717) is 5.56 Å². The van der Waals surface area contributed by atoms with Gasteiger partial charge in [0.1, 0.15) is 6.10 Å². The Hall–Kier alpha value is -1.92. The highest BCUT2D eigenvalue weighted by Crippen LogP contribution is 2.23. The number of aryl methyl sites for hydroxylation is 1. The number of hydrogen-bond acceptors (Lipinski definition) is 5. The molecule has 2 N–H and O–H groups in total. The summed E-state index contributed by atoms with van der Waals surface area (Å²) in [5.41, 5.74) is 1.39. The van der Waals surface area contributed by atoms with Crippen LogP contribution in [0.15, 0.2) is 24.4 Å². The molecule has 6 heteroatoms. The van der Waals surface area contributed by atoms with Crippen LogP contribution in [0.5, 0.6) is 0 Å². The van der Waals surface area contributed by atoms with Gasteiger partial charge in [-0.3, -0.25) is 9.48 Å². The zero-order valence-electron chi connectivity index (χ0n) is 11.5. The molecule has 1 aromatic carbocycles. The summed E-state index contributed by atoms with van der Waals surface area (Å²) in [6.07, 6.45) is -0.850. The van der Waals surface area contributed by atoms with E-state index in [1.807, 2.05) is 6.07 Å². The summed E-state index contributed by atoms with van der Waals surface area (Å²) in [6, 6.07) is 5.28. The molecule has 0 aliphatic rings. The number of hydrogen-bond donors (Lipinski definition) is 2. The first-order chi connectivity index (χ1) is 9.52. The van der Waals surface area contributed by atoms with E-state index in [9.17, 15) is 15.0 Å². The largest absolute Gasteiger partial charge is 0.466 e. The number of aromatic nitrogens is 2. The molecule has 1 aromatic heterocycles. The summed E-state index contributed by atoms with van der Waals surface area (Å²) in [7, 11) is 1.80. The van der Waals surface area contributed by atoms with E-state index in [1.54, 1.807) is 37.0 Å². The van der Waals surface area contributed by atoms with Crippen molar-refractivity contribution in [3.8, 4) is 0 Å². The summed E-state index contributed by atoms with van der Waals surface area (Å²) in [4.78, 5) is 11.3. The van der Waals surface area contributed by atoms with Gasteiger partial charge in [-0.2, -0.15) is 5.10 Å². The average molecular weight is 278 g/mol. The molecule has 20 heavy (non-hydrogen) atoms. The van der Waals surface area contributed by atoms with Crippen molar-refractivity contribution in [2.75, 3.05) is 6.61 Å².